The van der Waals surface area contributed by atoms with Crippen LogP contribution < -0.4 is 5.73 Å². The Bertz CT molecular complexity index is 478. The van der Waals surface area contributed by atoms with E-state index in [1.807, 2.05) is 0 Å². The Labute approximate surface area is 77.7 Å². The highest BCUT2D eigenvalue weighted by molar-refractivity contribution is 7.22. The Morgan fingerprint density at radius 2 is 2.15 bits per heavy atom. The number of nitrogen functional groups attached to an aromatic ring is 1. The van der Waals surface area contributed by atoms with E-state index < -0.39 is 4.92 Å². The van der Waals surface area contributed by atoms with Gasteiger partial charge in [-0.15, -0.1) is 11.3 Å². The molecule has 0 aliphatic rings. The van der Waals surface area contributed by atoms with Gasteiger partial charge in [-0.05, 0) is 12.1 Å². The highest BCUT2D eigenvalue weighted by atomic mass is 32.1. The van der Waals surface area contributed by atoms with Gasteiger partial charge in [-0.1, -0.05) is 0 Å². The van der Waals surface area contributed by atoms with Gasteiger partial charge in [-0.25, -0.2) is 0 Å². The van der Waals surface area contributed by atoms with E-state index in [9.17, 15) is 10.1 Å². The third-order valence-corrected chi connectivity index (χ3v) is 2.68. The van der Waals surface area contributed by atoms with Crippen LogP contribution in [0.15, 0.2) is 24.3 Å². The van der Waals surface area contributed by atoms with Crippen molar-refractivity contribution in [3.63, 3.8) is 0 Å². The maximum atomic E-state index is 10.4. The summed E-state index contributed by atoms with van der Waals surface area (Å²) in [6, 6.07) is 6.47. The van der Waals surface area contributed by atoms with E-state index in [-0.39, 0.29) is 5.69 Å². The topological polar surface area (TPSA) is 69.2 Å². The molecule has 1 aromatic heterocycles. The molecule has 0 aliphatic heterocycles. The molecule has 0 unspecified atom stereocenters. The first kappa shape index (κ1) is 8.00. The highest BCUT2D eigenvalue weighted by Gasteiger charge is 2.07. The summed E-state index contributed by atoms with van der Waals surface area (Å²) in [4.78, 5) is 10.0. The molecule has 0 spiro atoms. The zero-order valence-corrected chi connectivity index (χ0v) is 7.38. The van der Waals surface area contributed by atoms with Gasteiger partial charge in [-0.3, -0.25) is 10.1 Å². The van der Waals surface area contributed by atoms with E-state index >= 15 is 0 Å². The second kappa shape index (κ2) is 2.70. The molecule has 2 rings (SSSR count). The van der Waals surface area contributed by atoms with Gasteiger partial charge in [0.2, 0.25) is 0 Å². The maximum absolute atomic E-state index is 10.4. The van der Waals surface area contributed by atoms with Crippen molar-refractivity contribution >= 4 is 32.1 Å². The third kappa shape index (κ3) is 1.33. The van der Waals surface area contributed by atoms with Crippen LogP contribution in [0.4, 0.5) is 10.7 Å². The van der Waals surface area contributed by atoms with Crippen LogP contribution in [0.2, 0.25) is 0 Å². The van der Waals surface area contributed by atoms with Gasteiger partial charge in [0.05, 0.1) is 9.92 Å². The molecule has 0 amide bonds. The lowest BCUT2D eigenvalue weighted by Crippen LogP contribution is -1.85. The third-order valence-electron chi connectivity index (χ3n) is 1.73. The summed E-state index contributed by atoms with van der Waals surface area (Å²) in [5, 5.41) is 11.9. The molecule has 1 aromatic carbocycles. The van der Waals surface area contributed by atoms with Crippen LogP contribution in [-0.2, 0) is 0 Å². The minimum atomic E-state index is -0.409. The van der Waals surface area contributed by atoms with E-state index in [2.05, 4.69) is 0 Å². The van der Waals surface area contributed by atoms with Crippen molar-refractivity contribution in [3.8, 4) is 0 Å². The summed E-state index contributed by atoms with van der Waals surface area (Å²) in [6.45, 7) is 0. The number of hydrogen-bond donors (Lipinski definition) is 1. The summed E-state index contributed by atoms with van der Waals surface area (Å²) in [5.41, 5.74) is 5.67. The quantitative estimate of drug-likeness (QED) is 0.559. The van der Waals surface area contributed by atoms with Crippen LogP contribution in [0.5, 0.6) is 0 Å². The molecular formula is C8H6N2O2S. The van der Waals surface area contributed by atoms with Crippen molar-refractivity contribution in [1.29, 1.82) is 0 Å². The van der Waals surface area contributed by atoms with Crippen molar-refractivity contribution in [2.75, 3.05) is 5.73 Å². The number of nitrogens with zero attached hydrogens (tertiary/aromatic N) is 1. The molecule has 1 heterocycles. The molecule has 2 N–H and O–H groups in total. The molecule has 0 bridgehead atoms. The molecule has 0 saturated carbocycles. The summed E-state index contributed by atoms with van der Waals surface area (Å²) in [7, 11) is 0. The predicted octanol–water partition coefficient (Wildman–Crippen LogP) is 2.39. The Morgan fingerprint density at radius 3 is 2.85 bits per heavy atom. The van der Waals surface area contributed by atoms with Crippen molar-refractivity contribution < 1.29 is 4.92 Å². The molecule has 0 aliphatic carbocycles. The average Bonchev–Trinajstić information content (AvgIpc) is 2.42. The van der Waals surface area contributed by atoms with Gasteiger partial charge < -0.3 is 5.73 Å². The van der Waals surface area contributed by atoms with E-state index in [1.54, 1.807) is 12.1 Å². The molecule has 5 heteroatoms. The van der Waals surface area contributed by atoms with Crippen LogP contribution in [0.1, 0.15) is 0 Å². The molecule has 0 atom stereocenters. The van der Waals surface area contributed by atoms with E-state index in [0.29, 0.717) is 5.00 Å². The first-order chi connectivity index (χ1) is 6.16. The number of anilines is 1. The molecule has 66 valence electrons. The van der Waals surface area contributed by atoms with Crippen molar-refractivity contribution in [2.24, 2.45) is 0 Å². The Hall–Kier alpha value is -1.62. The molecule has 0 fully saturated rings. The van der Waals surface area contributed by atoms with Crippen LogP contribution in [0.25, 0.3) is 10.1 Å². The van der Waals surface area contributed by atoms with Crippen LogP contribution in [0, 0.1) is 10.1 Å². The molecule has 13 heavy (non-hydrogen) atoms. The lowest BCUT2D eigenvalue weighted by Gasteiger charge is -1.89. The summed E-state index contributed by atoms with van der Waals surface area (Å²) >= 11 is 1.43. The predicted molar refractivity (Wildman–Crippen MR) is 52.9 cm³/mol. The first-order valence-electron chi connectivity index (χ1n) is 3.60. The number of nitrogens with two attached hydrogens (primary N) is 1. The largest absolute Gasteiger partial charge is 0.391 e. The fourth-order valence-electron chi connectivity index (χ4n) is 1.16. The molecular weight excluding hydrogens is 188 g/mol. The Morgan fingerprint density at radius 1 is 1.38 bits per heavy atom. The first-order valence-corrected chi connectivity index (χ1v) is 4.42. The summed E-state index contributed by atoms with van der Waals surface area (Å²) < 4.78 is 0.975. The smallest absolute Gasteiger partial charge is 0.270 e. The van der Waals surface area contributed by atoms with E-state index in [1.165, 1.54) is 23.5 Å². The van der Waals surface area contributed by atoms with Gasteiger partial charge in [0.1, 0.15) is 0 Å². The fraction of sp³-hybridized carbons (Fsp3) is 0. The number of benzene rings is 1. The Kier molecular flexibility index (Phi) is 1.66. The van der Waals surface area contributed by atoms with Crippen molar-refractivity contribution in [1.82, 2.24) is 0 Å². The van der Waals surface area contributed by atoms with Crippen molar-refractivity contribution in [2.45, 2.75) is 0 Å². The second-order valence-corrected chi connectivity index (χ2v) is 3.74. The van der Waals surface area contributed by atoms with Crippen LogP contribution >= 0.6 is 11.3 Å². The lowest BCUT2D eigenvalue weighted by molar-refractivity contribution is -0.384. The number of nitro benzene ring substituents is 1. The lowest BCUT2D eigenvalue weighted by atomic mass is 10.2. The van der Waals surface area contributed by atoms with Gasteiger partial charge in [0.15, 0.2) is 0 Å². The molecule has 2 aromatic rings. The average molecular weight is 194 g/mol. The number of non-ortho nitro benzene ring substituents is 1. The minimum Gasteiger partial charge on any atom is -0.391 e. The number of nitro groups is 1. The minimum absolute atomic E-state index is 0.102. The number of hydrogen-bond acceptors (Lipinski definition) is 4. The zero-order chi connectivity index (χ0) is 9.42. The van der Waals surface area contributed by atoms with Crippen LogP contribution in [-0.4, -0.2) is 4.92 Å². The fourth-order valence-corrected chi connectivity index (χ4v) is 1.98. The second-order valence-electron chi connectivity index (χ2n) is 2.63. The summed E-state index contributed by atoms with van der Waals surface area (Å²) in [5.74, 6) is 0. The zero-order valence-electron chi connectivity index (χ0n) is 6.56. The van der Waals surface area contributed by atoms with E-state index in [4.69, 9.17) is 5.73 Å². The number of thiophene rings is 1. The highest BCUT2D eigenvalue weighted by Crippen LogP contribution is 2.29. The van der Waals surface area contributed by atoms with E-state index in [0.717, 1.165) is 10.1 Å². The monoisotopic (exact) mass is 194 g/mol. The number of fused-ring (bicyclic) bond motifs is 1. The molecule has 4 nitrogen and oxygen atoms in total. The van der Waals surface area contributed by atoms with Crippen LogP contribution in [0.3, 0.4) is 0 Å². The standard InChI is InChI=1S/C8H6N2O2S/c9-8-4-5-3-6(10(11)12)1-2-7(5)13-8/h1-4H,9H2. The van der Waals surface area contributed by atoms with Gasteiger partial charge >= 0.3 is 0 Å². The molecule has 0 radical (unpaired) electrons. The Balaban J connectivity index is 2.67. The van der Waals surface area contributed by atoms with Gasteiger partial charge in [0, 0.05) is 22.2 Å². The SMILES string of the molecule is Nc1cc2cc([N+](=O)[O-])ccc2s1. The number of rotatable bonds is 1. The molecule has 0 saturated heterocycles. The summed E-state index contributed by atoms with van der Waals surface area (Å²) in [6.07, 6.45) is 0. The van der Waals surface area contributed by atoms with Gasteiger partial charge in [0.25, 0.3) is 5.69 Å². The normalized spacial score (nSPS) is 10.5. The van der Waals surface area contributed by atoms with Gasteiger partial charge in [-0.2, -0.15) is 0 Å². The van der Waals surface area contributed by atoms with Crippen molar-refractivity contribution in [3.05, 3.63) is 34.4 Å². The maximum Gasteiger partial charge on any atom is 0.270 e.